The van der Waals surface area contributed by atoms with Crippen LogP contribution in [0.25, 0.3) is 0 Å². The molecule has 0 saturated heterocycles. The second-order valence-electron chi connectivity index (χ2n) is 6.20. The molecule has 0 aliphatic heterocycles. The van der Waals surface area contributed by atoms with Gasteiger partial charge in [-0.15, -0.1) is 0 Å². The maximum Gasteiger partial charge on any atom is 0.309 e. The molecule has 0 radical (unpaired) electrons. The molecule has 0 fully saturated rings. The number of carbonyl (C=O) groups is 1. The summed E-state index contributed by atoms with van der Waals surface area (Å²) in [7, 11) is 0. The van der Waals surface area contributed by atoms with E-state index in [2.05, 4.69) is 13.8 Å². The van der Waals surface area contributed by atoms with E-state index in [1.54, 1.807) is 0 Å². The lowest BCUT2D eigenvalue weighted by molar-refractivity contribution is -0.160. The van der Waals surface area contributed by atoms with Crippen molar-refractivity contribution < 1.29 is 9.53 Å². The zero-order chi connectivity index (χ0) is 14.0. The van der Waals surface area contributed by atoms with Gasteiger partial charge in [0, 0.05) is 0 Å². The van der Waals surface area contributed by atoms with Crippen LogP contribution in [-0.2, 0) is 9.53 Å². The lowest BCUT2D eigenvalue weighted by atomic mass is 9.97. The third kappa shape index (κ3) is 9.49. The molecule has 0 aliphatic carbocycles. The molecule has 2 nitrogen and oxygen atoms in total. The summed E-state index contributed by atoms with van der Waals surface area (Å²) < 4.78 is 5.45. The minimum absolute atomic E-state index is 0.0152. The zero-order valence-electron chi connectivity index (χ0n) is 13.1. The van der Waals surface area contributed by atoms with Crippen LogP contribution >= 0.6 is 0 Å². The summed E-state index contributed by atoms with van der Waals surface area (Å²) in [5, 5.41) is 0. The van der Waals surface area contributed by atoms with E-state index in [1.807, 2.05) is 20.8 Å². The summed E-state index contributed by atoms with van der Waals surface area (Å²) in [4.78, 5) is 11.9. The van der Waals surface area contributed by atoms with Gasteiger partial charge in [0.25, 0.3) is 0 Å². The highest BCUT2D eigenvalue weighted by atomic mass is 16.6. The van der Waals surface area contributed by atoms with Gasteiger partial charge in [-0.05, 0) is 33.6 Å². The van der Waals surface area contributed by atoms with Gasteiger partial charge in [0.05, 0.1) is 5.92 Å². The van der Waals surface area contributed by atoms with Crippen molar-refractivity contribution in [1.82, 2.24) is 0 Å². The van der Waals surface area contributed by atoms with E-state index in [0.29, 0.717) is 0 Å². The lowest BCUT2D eigenvalue weighted by Gasteiger charge is -2.23. The fraction of sp³-hybridized carbons (Fsp3) is 0.938. The smallest absolute Gasteiger partial charge is 0.309 e. The molecular weight excluding hydrogens is 224 g/mol. The number of hydrogen-bond donors (Lipinski definition) is 0. The Balaban J connectivity index is 3.79. The van der Waals surface area contributed by atoms with Crippen molar-refractivity contribution in [2.75, 3.05) is 0 Å². The van der Waals surface area contributed by atoms with E-state index in [0.717, 1.165) is 19.3 Å². The number of unbranched alkanes of at least 4 members (excludes halogenated alkanes) is 5. The van der Waals surface area contributed by atoms with Crippen LogP contribution in [0.1, 0.15) is 86.0 Å². The molecule has 0 heterocycles. The van der Waals surface area contributed by atoms with Crippen molar-refractivity contribution in [2.24, 2.45) is 5.92 Å². The third-order valence-electron chi connectivity index (χ3n) is 3.14. The number of rotatable bonds is 9. The predicted octanol–water partition coefficient (Wildman–Crippen LogP) is 5.10. The molecule has 0 aromatic heterocycles. The van der Waals surface area contributed by atoms with Crippen molar-refractivity contribution in [2.45, 2.75) is 91.6 Å². The second kappa shape index (κ2) is 9.41. The lowest BCUT2D eigenvalue weighted by Crippen LogP contribution is -2.28. The second-order valence-corrected chi connectivity index (χ2v) is 6.20. The molecule has 0 aromatic carbocycles. The molecule has 0 spiro atoms. The standard InChI is InChI=1S/C16H32O2/c1-6-8-9-10-11-12-13-14(7-2)15(17)18-16(3,4)5/h14H,6-13H2,1-5H3. The van der Waals surface area contributed by atoms with Crippen LogP contribution in [0.4, 0.5) is 0 Å². The van der Waals surface area contributed by atoms with Gasteiger partial charge >= 0.3 is 5.97 Å². The molecule has 0 aliphatic rings. The number of hydrogen-bond acceptors (Lipinski definition) is 2. The normalized spacial score (nSPS) is 13.4. The SMILES string of the molecule is CCCCCCCCC(CC)C(=O)OC(C)(C)C. The molecule has 0 rings (SSSR count). The van der Waals surface area contributed by atoms with Crippen molar-refractivity contribution in [1.29, 1.82) is 0 Å². The van der Waals surface area contributed by atoms with Crippen LogP contribution < -0.4 is 0 Å². The molecule has 0 N–H and O–H groups in total. The average Bonchev–Trinajstić information content (AvgIpc) is 2.25. The fourth-order valence-corrected chi connectivity index (χ4v) is 2.04. The molecule has 0 amide bonds. The molecule has 0 saturated carbocycles. The molecule has 1 atom stereocenters. The molecule has 108 valence electrons. The van der Waals surface area contributed by atoms with E-state index in [4.69, 9.17) is 4.74 Å². The van der Waals surface area contributed by atoms with Crippen molar-refractivity contribution in [3.8, 4) is 0 Å². The first kappa shape index (κ1) is 17.5. The Morgan fingerprint density at radius 1 is 1.00 bits per heavy atom. The Kier molecular flexibility index (Phi) is 9.13. The van der Waals surface area contributed by atoms with Crippen molar-refractivity contribution in [3.05, 3.63) is 0 Å². The van der Waals surface area contributed by atoms with Gasteiger partial charge < -0.3 is 4.74 Å². The van der Waals surface area contributed by atoms with Crippen molar-refractivity contribution >= 4 is 5.97 Å². The quantitative estimate of drug-likeness (QED) is 0.423. The fourth-order valence-electron chi connectivity index (χ4n) is 2.04. The van der Waals surface area contributed by atoms with Gasteiger partial charge in [-0.1, -0.05) is 52.4 Å². The highest BCUT2D eigenvalue weighted by Crippen LogP contribution is 2.19. The third-order valence-corrected chi connectivity index (χ3v) is 3.14. The summed E-state index contributed by atoms with van der Waals surface area (Å²) in [6, 6.07) is 0. The minimum atomic E-state index is -0.356. The highest BCUT2D eigenvalue weighted by Gasteiger charge is 2.23. The Labute approximate surface area is 113 Å². The van der Waals surface area contributed by atoms with E-state index in [1.165, 1.54) is 32.1 Å². The van der Waals surface area contributed by atoms with Crippen LogP contribution in [-0.4, -0.2) is 11.6 Å². The largest absolute Gasteiger partial charge is 0.460 e. The Morgan fingerprint density at radius 2 is 1.56 bits per heavy atom. The van der Waals surface area contributed by atoms with Crippen LogP contribution in [0.5, 0.6) is 0 Å². The average molecular weight is 256 g/mol. The summed E-state index contributed by atoms with van der Waals surface area (Å²) in [6.45, 7) is 10.1. The first-order valence-corrected chi connectivity index (χ1v) is 7.63. The molecule has 0 bridgehead atoms. The van der Waals surface area contributed by atoms with Gasteiger partial charge in [-0.2, -0.15) is 0 Å². The summed E-state index contributed by atoms with van der Waals surface area (Å²) >= 11 is 0. The maximum absolute atomic E-state index is 11.9. The topological polar surface area (TPSA) is 26.3 Å². The molecule has 2 heteroatoms. The zero-order valence-corrected chi connectivity index (χ0v) is 13.1. The number of ether oxygens (including phenoxy) is 1. The molecule has 18 heavy (non-hydrogen) atoms. The van der Waals surface area contributed by atoms with Gasteiger partial charge in [0.15, 0.2) is 0 Å². The molecule has 1 unspecified atom stereocenters. The number of esters is 1. The van der Waals surface area contributed by atoms with Crippen molar-refractivity contribution in [3.63, 3.8) is 0 Å². The van der Waals surface area contributed by atoms with Gasteiger partial charge in [0.2, 0.25) is 0 Å². The summed E-state index contributed by atoms with van der Waals surface area (Å²) in [5.41, 5.74) is -0.356. The van der Waals surface area contributed by atoms with E-state index < -0.39 is 0 Å². The Hall–Kier alpha value is -0.530. The monoisotopic (exact) mass is 256 g/mol. The first-order chi connectivity index (χ1) is 8.40. The van der Waals surface area contributed by atoms with Crippen LogP contribution in [0, 0.1) is 5.92 Å². The first-order valence-electron chi connectivity index (χ1n) is 7.63. The Bertz CT molecular complexity index is 216. The van der Waals surface area contributed by atoms with Gasteiger partial charge in [0.1, 0.15) is 5.60 Å². The Morgan fingerprint density at radius 3 is 2.06 bits per heavy atom. The molecular formula is C16H32O2. The van der Waals surface area contributed by atoms with Gasteiger partial charge in [-0.3, -0.25) is 4.79 Å². The van der Waals surface area contributed by atoms with Crippen LogP contribution in [0.3, 0.4) is 0 Å². The summed E-state index contributed by atoms with van der Waals surface area (Å²) in [6.07, 6.45) is 9.54. The van der Waals surface area contributed by atoms with Crippen LogP contribution in [0.15, 0.2) is 0 Å². The maximum atomic E-state index is 11.9. The van der Waals surface area contributed by atoms with Gasteiger partial charge in [-0.25, -0.2) is 0 Å². The minimum Gasteiger partial charge on any atom is -0.460 e. The highest BCUT2D eigenvalue weighted by molar-refractivity contribution is 5.72. The molecule has 0 aromatic rings. The van der Waals surface area contributed by atoms with E-state index in [9.17, 15) is 4.79 Å². The summed E-state index contributed by atoms with van der Waals surface area (Å²) in [5.74, 6) is 0.0777. The number of carbonyl (C=O) groups excluding carboxylic acids is 1. The predicted molar refractivity (Wildman–Crippen MR) is 77.6 cm³/mol. The van der Waals surface area contributed by atoms with Crippen LogP contribution in [0.2, 0.25) is 0 Å². The van der Waals surface area contributed by atoms with E-state index in [-0.39, 0.29) is 17.5 Å². The van der Waals surface area contributed by atoms with E-state index >= 15 is 0 Å².